The van der Waals surface area contributed by atoms with E-state index >= 15 is 0 Å². The molecule has 158 valence electrons. The maximum atomic E-state index is 11.4. The van der Waals surface area contributed by atoms with E-state index in [4.69, 9.17) is 18.8 Å². The van der Waals surface area contributed by atoms with E-state index in [9.17, 15) is 28.5 Å². The lowest BCUT2D eigenvalue weighted by molar-refractivity contribution is -0.289. The highest BCUT2D eigenvalue weighted by atomic mass is 32.3. The molecule has 2 aliphatic heterocycles. The molecule has 0 aliphatic carbocycles. The molecule has 5 N–H and O–H groups in total. The molecule has 0 radical (unpaired) electrons. The summed E-state index contributed by atoms with van der Waals surface area (Å²) >= 11 is 0. The van der Waals surface area contributed by atoms with Gasteiger partial charge in [-0.2, -0.15) is 8.42 Å². The van der Waals surface area contributed by atoms with Crippen LogP contribution in [0.1, 0.15) is 13.3 Å². The van der Waals surface area contributed by atoms with Crippen molar-refractivity contribution >= 4 is 16.4 Å². The average molecular weight is 415 g/mol. The van der Waals surface area contributed by atoms with Crippen molar-refractivity contribution in [3.05, 3.63) is 0 Å². The number of hydrogen-bond donors (Lipinski definition) is 5. The predicted molar refractivity (Wildman–Crippen MR) is 87.1 cm³/mol. The fourth-order valence-electron chi connectivity index (χ4n) is 3.11. The van der Waals surface area contributed by atoms with Crippen molar-refractivity contribution in [1.29, 1.82) is 0 Å². The first-order valence-corrected chi connectivity index (χ1v) is 9.70. The molecule has 8 atom stereocenters. The maximum absolute atomic E-state index is 11.4. The van der Waals surface area contributed by atoms with Crippen LogP contribution in [0.15, 0.2) is 0 Å². The Morgan fingerprint density at radius 3 is 2.56 bits per heavy atom. The third-order valence-electron chi connectivity index (χ3n) is 4.57. The molecule has 2 fully saturated rings. The lowest BCUT2D eigenvalue weighted by Crippen LogP contribution is -2.61. The Morgan fingerprint density at radius 1 is 1.33 bits per heavy atom. The smallest absolute Gasteiger partial charge is 0.397 e. The molecular formula is C14H25NO11S. The van der Waals surface area contributed by atoms with Gasteiger partial charge in [0.15, 0.2) is 12.4 Å². The lowest BCUT2D eigenvalue weighted by atomic mass is 9.93. The highest BCUT2D eigenvalue weighted by Gasteiger charge is 2.47. The topological polar surface area (TPSA) is 181 Å². The lowest BCUT2D eigenvalue weighted by Gasteiger charge is -2.44. The molecule has 0 aromatic carbocycles. The SMILES string of the molecule is CNC1[C@H](O[C@H]2C(C(=O)O)OCC(C)[C@@H]2O)OC(COS(=O)(=O)O)C[C@H]1O. The highest BCUT2D eigenvalue weighted by molar-refractivity contribution is 7.80. The number of aliphatic hydroxyl groups is 2. The zero-order chi connectivity index (χ0) is 20.4. The largest absolute Gasteiger partial charge is 0.479 e. The molecule has 13 heteroatoms. The second kappa shape index (κ2) is 9.07. The Labute approximate surface area is 156 Å². The Kier molecular flexibility index (Phi) is 7.52. The fourth-order valence-corrected chi connectivity index (χ4v) is 3.44. The van der Waals surface area contributed by atoms with Crippen LogP contribution in [0.2, 0.25) is 0 Å². The van der Waals surface area contributed by atoms with E-state index in [1.807, 2.05) is 0 Å². The molecule has 0 saturated carbocycles. The normalized spacial score (nSPS) is 40.6. The molecule has 4 unspecified atom stereocenters. The van der Waals surface area contributed by atoms with E-state index in [-0.39, 0.29) is 13.0 Å². The second-order valence-corrected chi connectivity index (χ2v) is 7.71. The average Bonchev–Trinajstić information content (AvgIpc) is 2.56. The molecule has 0 aromatic heterocycles. The summed E-state index contributed by atoms with van der Waals surface area (Å²) in [5, 5.41) is 32.7. The Hall–Kier alpha value is -0.900. The van der Waals surface area contributed by atoms with Crippen LogP contribution in [-0.2, 0) is 33.6 Å². The number of aliphatic hydroxyl groups excluding tert-OH is 2. The zero-order valence-electron chi connectivity index (χ0n) is 14.8. The van der Waals surface area contributed by atoms with Gasteiger partial charge in [0.1, 0.15) is 6.10 Å². The van der Waals surface area contributed by atoms with Crippen molar-refractivity contribution in [2.75, 3.05) is 20.3 Å². The van der Waals surface area contributed by atoms with Gasteiger partial charge in [-0.05, 0) is 7.05 Å². The van der Waals surface area contributed by atoms with Gasteiger partial charge in [0.05, 0.1) is 37.6 Å². The maximum Gasteiger partial charge on any atom is 0.397 e. The summed E-state index contributed by atoms with van der Waals surface area (Å²) in [7, 11) is -3.18. The molecule has 2 rings (SSSR count). The van der Waals surface area contributed by atoms with Crippen LogP contribution in [0, 0.1) is 5.92 Å². The van der Waals surface area contributed by atoms with Crippen LogP contribution in [-0.4, -0.2) is 97.4 Å². The van der Waals surface area contributed by atoms with Crippen LogP contribution >= 0.6 is 0 Å². The van der Waals surface area contributed by atoms with Crippen molar-refractivity contribution in [3.8, 4) is 0 Å². The molecule has 0 spiro atoms. The first-order chi connectivity index (χ1) is 12.5. The van der Waals surface area contributed by atoms with Crippen molar-refractivity contribution in [2.24, 2.45) is 5.92 Å². The van der Waals surface area contributed by atoms with Crippen LogP contribution in [0.25, 0.3) is 0 Å². The number of ether oxygens (including phenoxy) is 3. The van der Waals surface area contributed by atoms with E-state index in [1.54, 1.807) is 6.92 Å². The van der Waals surface area contributed by atoms with Crippen molar-refractivity contribution < 1.29 is 51.5 Å². The van der Waals surface area contributed by atoms with Gasteiger partial charge >= 0.3 is 16.4 Å². The Morgan fingerprint density at radius 2 is 2.00 bits per heavy atom. The minimum Gasteiger partial charge on any atom is -0.479 e. The first-order valence-electron chi connectivity index (χ1n) is 8.34. The summed E-state index contributed by atoms with van der Waals surface area (Å²) in [6, 6.07) is -0.786. The summed E-state index contributed by atoms with van der Waals surface area (Å²) in [4.78, 5) is 11.4. The summed E-state index contributed by atoms with van der Waals surface area (Å²) in [5.41, 5.74) is 0. The number of aliphatic carboxylic acids is 1. The second-order valence-electron chi connectivity index (χ2n) is 6.62. The number of nitrogens with one attached hydrogen (secondary N) is 1. The Bertz CT molecular complexity index is 614. The van der Waals surface area contributed by atoms with Crippen LogP contribution < -0.4 is 5.32 Å². The van der Waals surface area contributed by atoms with Gasteiger partial charge in [0.2, 0.25) is 0 Å². The van der Waals surface area contributed by atoms with Gasteiger partial charge in [0, 0.05) is 12.3 Å². The minimum atomic E-state index is -4.70. The first kappa shape index (κ1) is 22.4. The van der Waals surface area contributed by atoms with Gasteiger partial charge in [-0.3, -0.25) is 4.55 Å². The summed E-state index contributed by atoms with van der Waals surface area (Å²) < 4.78 is 50.9. The molecule has 2 saturated heterocycles. The standard InChI is InChI=1S/C14H25NO11S/c1-6-4-23-12(13(18)19)11(10(6)17)26-14-9(15-2)8(16)3-7(25-14)5-24-27(20,21)22/h6-12,14-17H,3-5H2,1-2H3,(H,18,19)(H,20,21,22)/t6?,7?,8-,9?,10+,11-,12?,14+/m1/s1. The molecule has 12 nitrogen and oxygen atoms in total. The summed E-state index contributed by atoms with van der Waals surface area (Å²) in [6.45, 7) is 1.12. The number of carbonyl (C=O) groups is 1. The number of likely N-dealkylation sites (N-methyl/N-ethyl adjacent to an activating group) is 1. The van der Waals surface area contributed by atoms with Crippen molar-refractivity contribution in [1.82, 2.24) is 5.32 Å². The highest BCUT2D eigenvalue weighted by Crippen LogP contribution is 2.29. The van der Waals surface area contributed by atoms with Gasteiger partial charge in [-0.25, -0.2) is 8.98 Å². The quantitative estimate of drug-likeness (QED) is 0.282. The molecule has 27 heavy (non-hydrogen) atoms. The molecule has 0 amide bonds. The Balaban J connectivity index is 2.14. The van der Waals surface area contributed by atoms with Gasteiger partial charge in [-0.1, -0.05) is 6.92 Å². The number of carboxylic acids is 1. The van der Waals surface area contributed by atoms with Crippen molar-refractivity contribution in [3.63, 3.8) is 0 Å². The third-order valence-corrected chi connectivity index (χ3v) is 5.00. The van der Waals surface area contributed by atoms with Gasteiger partial charge in [0.25, 0.3) is 0 Å². The fraction of sp³-hybridized carbons (Fsp3) is 0.929. The number of rotatable bonds is 7. The minimum absolute atomic E-state index is 0.0244. The number of hydrogen-bond acceptors (Lipinski definition) is 10. The molecular weight excluding hydrogens is 390 g/mol. The van der Waals surface area contributed by atoms with Crippen LogP contribution in [0.4, 0.5) is 0 Å². The van der Waals surface area contributed by atoms with Gasteiger partial charge < -0.3 is 34.8 Å². The summed E-state index contributed by atoms with van der Waals surface area (Å²) in [5.74, 6) is -1.72. The molecule has 0 aromatic rings. The molecule has 2 aliphatic rings. The molecule has 2 heterocycles. The van der Waals surface area contributed by atoms with Crippen LogP contribution in [0.5, 0.6) is 0 Å². The van der Waals surface area contributed by atoms with Gasteiger partial charge in [-0.15, -0.1) is 0 Å². The van der Waals surface area contributed by atoms with E-state index in [2.05, 4.69) is 9.50 Å². The van der Waals surface area contributed by atoms with E-state index in [1.165, 1.54) is 7.05 Å². The molecule has 0 bridgehead atoms. The van der Waals surface area contributed by atoms with Crippen LogP contribution in [0.3, 0.4) is 0 Å². The van der Waals surface area contributed by atoms with Crippen molar-refractivity contribution in [2.45, 2.75) is 56.2 Å². The monoisotopic (exact) mass is 415 g/mol. The third kappa shape index (κ3) is 5.79. The summed E-state index contributed by atoms with van der Waals surface area (Å²) in [6.07, 6.45) is -7.14. The van der Waals surface area contributed by atoms with E-state index < -0.39 is 71.7 Å². The predicted octanol–water partition coefficient (Wildman–Crippen LogP) is -2.26. The van der Waals surface area contributed by atoms with E-state index in [0.29, 0.717) is 0 Å². The number of carboxylic acid groups (broad SMARTS) is 1. The zero-order valence-corrected chi connectivity index (χ0v) is 15.6. The van der Waals surface area contributed by atoms with E-state index in [0.717, 1.165) is 0 Å².